The summed E-state index contributed by atoms with van der Waals surface area (Å²) in [6, 6.07) is 3.80. The Morgan fingerprint density at radius 1 is 1.40 bits per heavy atom. The number of primary amides is 1. The second-order valence-electron chi connectivity index (χ2n) is 2.61. The molecule has 0 spiro atoms. The van der Waals surface area contributed by atoms with Crippen LogP contribution in [-0.2, 0) is 0 Å². The van der Waals surface area contributed by atoms with Crippen LogP contribution >= 0.6 is 0 Å². The zero-order valence-electron chi connectivity index (χ0n) is 7.87. The second kappa shape index (κ2) is 4.59. The summed E-state index contributed by atoms with van der Waals surface area (Å²) in [6.45, 7) is -2.98. The maximum absolute atomic E-state index is 12.0. The lowest BCUT2D eigenvalue weighted by molar-refractivity contribution is -0.0512. The van der Waals surface area contributed by atoms with Crippen molar-refractivity contribution in [1.29, 1.82) is 0 Å². The van der Waals surface area contributed by atoms with E-state index in [1.807, 2.05) is 0 Å². The molecule has 0 atom stereocenters. The van der Waals surface area contributed by atoms with Gasteiger partial charge in [0.05, 0.1) is 7.11 Å². The molecule has 0 aliphatic carbocycles. The number of halogens is 2. The molecule has 0 heterocycles. The summed E-state index contributed by atoms with van der Waals surface area (Å²) in [7, 11) is 1.30. The van der Waals surface area contributed by atoms with E-state index in [1.165, 1.54) is 19.2 Å². The molecule has 0 aliphatic rings. The van der Waals surface area contributed by atoms with Crippen LogP contribution < -0.4 is 15.2 Å². The third-order valence-corrected chi connectivity index (χ3v) is 1.66. The van der Waals surface area contributed by atoms with E-state index in [0.29, 0.717) is 0 Å². The molecule has 1 aromatic rings. The standard InChI is InChI=1S/C9H9F2NO3/c1-14-6-3-2-5(8(12)13)4-7(6)15-9(10)11/h2-4,9H,1H3,(H2,12,13). The monoisotopic (exact) mass is 217 g/mol. The van der Waals surface area contributed by atoms with Gasteiger partial charge in [-0.3, -0.25) is 4.79 Å². The van der Waals surface area contributed by atoms with Crippen LogP contribution in [0.3, 0.4) is 0 Å². The van der Waals surface area contributed by atoms with Crippen molar-refractivity contribution in [2.24, 2.45) is 5.73 Å². The molecule has 0 saturated carbocycles. The highest BCUT2D eigenvalue weighted by atomic mass is 19.3. The molecular weight excluding hydrogens is 208 g/mol. The van der Waals surface area contributed by atoms with Gasteiger partial charge < -0.3 is 15.2 Å². The summed E-state index contributed by atoms with van der Waals surface area (Å²) in [6.07, 6.45) is 0. The average molecular weight is 217 g/mol. The van der Waals surface area contributed by atoms with Crippen molar-refractivity contribution in [3.63, 3.8) is 0 Å². The lowest BCUT2D eigenvalue weighted by Crippen LogP contribution is -2.12. The van der Waals surface area contributed by atoms with Crippen molar-refractivity contribution in [3.8, 4) is 11.5 Å². The van der Waals surface area contributed by atoms with Gasteiger partial charge in [0.25, 0.3) is 0 Å². The number of methoxy groups -OCH3 is 1. The Hall–Kier alpha value is -1.85. The smallest absolute Gasteiger partial charge is 0.387 e. The van der Waals surface area contributed by atoms with E-state index >= 15 is 0 Å². The number of alkyl halides is 2. The lowest BCUT2D eigenvalue weighted by Gasteiger charge is -2.10. The molecule has 82 valence electrons. The summed E-state index contributed by atoms with van der Waals surface area (Å²) >= 11 is 0. The molecule has 0 aromatic heterocycles. The summed E-state index contributed by atoms with van der Waals surface area (Å²) in [5.41, 5.74) is 5.06. The summed E-state index contributed by atoms with van der Waals surface area (Å²) in [4.78, 5) is 10.8. The molecule has 4 nitrogen and oxygen atoms in total. The normalized spacial score (nSPS) is 10.1. The Balaban J connectivity index is 3.07. The number of carbonyl (C=O) groups is 1. The van der Waals surface area contributed by atoms with Crippen molar-refractivity contribution in [2.75, 3.05) is 7.11 Å². The summed E-state index contributed by atoms with van der Waals surface area (Å²) in [5, 5.41) is 0. The highest BCUT2D eigenvalue weighted by Crippen LogP contribution is 2.29. The van der Waals surface area contributed by atoms with Gasteiger partial charge in [0, 0.05) is 5.56 Å². The van der Waals surface area contributed by atoms with Gasteiger partial charge in [-0.25, -0.2) is 0 Å². The Kier molecular flexibility index (Phi) is 3.43. The van der Waals surface area contributed by atoms with Crippen molar-refractivity contribution in [2.45, 2.75) is 6.61 Å². The minimum Gasteiger partial charge on any atom is -0.493 e. The molecule has 0 saturated heterocycles. The van der Waals surface area contributed by atoms with E-state index < -0.39 is 12.5 Å². The van der Waals surface area contributed by atoms with E-state index in [0.717, 1.165) is 6.07 Å². The van der Waals surface area contributed by atoms with Gasteiger partial charge >= 0.3 is 6.61 Å². The van der Waals surface area contributed by atoms with Gasteiger partial charge in [-0.1, -0.05) is 0 Å². The van der Waals surface area contributed by atoms with Crippen molar-refractivity contribution in [3.05, 3.63) is 23.8 Å². The van der Waals surface area contributed by atoms with Crippen LogP contribution in [0.1, 0.15) is 10.4 Å². The lowest BCUT2D eigenvalue weighted by atomic mass is 10.2. The second-order valence-corrected chi connectivity index (χ2v) is 2.61. The van der Waals surface area contributed by atoms with Gasteiger partial charge in [0.2, 0.25) is 5.91 Å². The van der Waals surface area contributed by atoms with Crippen LogP contribution in [0.2, 0.25) is 0 Å². The minimum atomic E-state index is -2.98. The van der Waals surface area contributed by atoms with Crippen molar-refractivity contribution >= 4 is 5.91 Å². The zero-order chi connectivity index (χ0) is 11.4. The first-order valence-corrected chi connectivity index (χ1v) is 3.97. The Morgan fingerprint density at radius 3 is 2.53 bits per heavy atom. The molecule has 1 amide bonds. The van der Waals surface area contributed by atoms with Crippen LogP contribution in [0.25, 0.3) is 0 Å². The SMILES string of the molecule is COc1ccc(C(N)=O)cc1OC(F)F. The van der Waals surface area contributed by atoms with Gasteiger partial charge in [0.1, 0.15) is 0 Å². The predicted octanol–water partition coefficient (Wildman–Crippen LogP) is 1.40. The molecular formula is C9H9F2NO3. The number of carbonyl (C=O) groups excluding carboxylic acids is 1. The van der Waals surface area contributed by atoms with E-state index in [-0.39, 0.29) is 17.1 Å². The van der Waals surface area contributed by atoms with Crippen molar-refractivity contribution < 1.29 is 23.0 Å². The first-order chi connectivity index (χ1) is 7.04. The number of benzene rings is 1. The van der Waals surface area contributed by atoms with Gasteiger partial charge in [-0.05, 0) is 18.2 Å². The number of hydrogen-bond donors (Lipinski definition) is 1. The topological polar surface area (TPSA) is 61.5 Å². The maximum Gasteiger partial charge on any atom is 0.387 e. The van der Waals surface area contributed by atoms with Gasteiger partial charge in [0.15, 0.2) is 11.5 Å². The van der Waals surface area contributed by atoms with E-state index in [4.69, 9.17) is 10.5 Å². The highest BCUT2D eigenvalue weighted by Gasteiger charge is 2.12. The van der Waals surface area contributed by atoms with E-state index in [9.17, 15) is 13.6 Å². The number of hydrogen-bond acceptors (Lipinski definition) is 3. The Labute approximate surface area is 84.6 Å². The Morgan fingerprint density at radius 2 is 2.07 bits per heavy atom. The van der Waals surface area contributed by atoms with Crippen LogP contribution in [0, 0.1) is 0 Å². The first kappa shape index (κ1) is 11.2. The molecule has 6 heteroatoms. The Bertz CT molecular complexity index is 368. The molecule has 0 fully saturated rings. The fraction of sp³-hybridized carbons (Fsp3) is 0.222. The van der Waals surface area contributed by atoms with E-state index in [1.54, 1.807) is 0 Å². The predicted molar refractivity (Wildman–Crippen MR) is 48.1 cm³/mol. The van der Waals surface area contributed by atoms with Gasteiger partial charge in [-0.2, -0.15) is 8.78 Å². The molecule has 0 bridgehead atoms. The first-order valence-electron chi connectivity index (χ1n) is 3.97. The molecule has 15 heavy (non-hydrogen) atoms. The van der Waals surface area contributed by atoms with Gasteiger partial charge in [-0.15, -0.1) is 0 Å². The summed E-state index contributed by atoms with van der Waals surface area (Å²) < 4.78 is 32.9. The van der Waals surface area contributed by atoms with Crippen LogP contribution in [0.15, 0.2) is 18.2 Å². The molecule has 0 radical (unpaired) electrons. The number of amides is 1. The highest BCUT2D eigenvalue weighted by molar-refractivity contribution is 5.93. The van der Waals surface area contributed by atoms with Crippen LogP contribution in [0.4, 0.5) is 8.78 Å². The third-order valence-electron chi connectivity index (χ3n) is 1.66. The average Bonchev–Trinajstić information content (AvgIpc) is 2.16. The van der Waals surface area contributed by atoms with Crippen LogP contribution in [0.5, 0.6) is 11.5 Å². The zero-order valence-corrected chi connectivity index (χ0v) is 7.87. The third kappa shape index (κ3) is 2.80. The maximum atomic E-state index is 12.0. The fourth-order valence-corrected chi connectivity index (χ4v) is 1.02. The quantitative estimate of drug-likeness (QED) is 0.829. The summed E-state index contributed by atoms with van der Waals surface area (Å²) in [5.74, 6) is -0.833. The van der Waals surface area contributed by atoms with Crippen LogP contribution in [-0.4, -0.2) is 19.6 Å². The molecule has 1 rings (SSSR count). The number of ether oxygens (including phenoxy) is 2. The molecule has 2 N–H and O–H groups in total. The number of nitrogens with two attached hydrogens (primary N) is 1. The number of rotatable bonds is 4. The molecule has 0 aliphatic heterocycles. The van der Waals surface area contributed by atoms with Crippen molar-refractivity contribution in [1.82, 2.24) is 0 Å². The molecule has 0 unspecified atom stereocenters. The largest absolute Gasteiger partial charge is 0.493 e. The fourth-order valence-electron chi connectivity index (χ4n) is 1.02. The van der Waals surface area contributed by atoms with E-state index in [2.05, 4.69) is 4.74 Å². The molecule has 1 aromatic carbocycles. The minimum absolute atomic E-state index is 0.0754.